The van der Waals surface area contributed by atoms with Crippen molar-refractivity contribution in [2.75, 3.05) is 5.32 Å². The van der Waals surface area contributed by atoms with E-state index in [0.717, 1.165) is 22.5 Å². The minimum Gasteiger partial charge on any atom is -0.321 e. The summed E-state index contributed by atoms with van der Waals surface area (Å²) >= 11 is 12.6. The monoisotopic (exact) mass is 415 g/mol. The van der Waals surface area contributed by atoms with E-state index in [0.29, 0.717) is 36.1 Å². The summed E-state index contributed by atoms with van der Waals surface area (Å²) in [6.07, 6.45) is 0. The van der Waals surface area contributed by atoms with Crippen molar-refractivity contribution in [2.24, 2.45) is 0 Å². The van der Waals surface area contributed by atoms with Crippen LogP contribution in [-0.2, 0) is 0 Å². The second-order valence-corrected chi connectivity index (χ2v) is 8.35. The molecule has 1 amide bonds. The Morgan fingerprint density at radius 2 is 2.00 bits per heavy atom. The Morgan fingerprint density at radius 3 is 2.78 bits per heavy atom. The van der Waals surface area contributed by atoms with Crippen molar-refractivity contribution < 1.29 is 4.79 Å². The van der Waals surface area contributed by atoms with Crippen LogP contribution < -0.4 is 10.9 Å². The average Bonchev–Trinajstić information content (AvgIpc) is 2.95. The number of aryl methyl sites for hydroxylation is 2. The highest BCUT2D eigenvalue weighted by Gasteiger charge is 2.18. The van der Waals surface area contributed by atoms with Crippen molar-refractivity contribution >= 4 is 63.3 Å². The van der Waals surface area contributed by atoms with E-state index in [-0.39, 0.29) is 11.5 Å². The maximum Gasteiger partial charge on any atom is 0.269 e. The van der Waals surface area contributed by atoms with Crippen LogP contribution in [0.3, 0.4) is 0 Å². The lowest BCUT2D eigenvalue weighted by atomic mass is 10.1. The van der Waals surface area contributed by atoms with Gasteiger partial charge in [-0.2, -0.15) is 0 Å². The zero-order valence-corrected chi connectivity index (χ0v) is 16.8. The first-order chi connectivity index (χ1) is 12.8. The maximum atomic E-state index is 12.9. The Morgan fingerprint density at radius 1 is 1.22 bits per heavy atom. The Balaban J connectivity index is 1.90. The summed E-state index contributed by atoms with van der Waals surface area (Å²) in [5, 5.41) is 3.92. The van der Waals surface area contributed by atoms with E-state index >= 15 is 0 Å². The Bertz CT molecular complexity index is 1350. The summed E-state index contributed by atoms with van der Waals surface area (Å²) in [5.74, 6) is -0.346. The molecular formula is C19H14ClN3O2S2. The van der Waals surface area contributed by atoms with Crippen LogP contribution in [0.2, 0.25) is 5.02 Å². The number of thiazole rings is 1. The van der Waals surface area contributed by atoms with Crippen LogP contribution in [0.15, 0.2) is 41.2 Å². The lowest BCUT2D eigenvalue weighted by molar-refractivity contribution is 0.103. The van der Waals surface area contributed by atoms with E-state index < -0.39 is 0 Å². The van der Waals surface area contributed by atoms with Crippen LogP contribution in [0.1, 0.15) is 20.8 Å². The number of amides is 1. The first-order valence-electron chi connectivity index (χ1n) is 8.11. The standard InChI is InChI=1S/C19H14ClN3O2S2/c1-9-3-6-14-12(7-9)17(24)22-16-15(27-19(26)23(14)16)18(25)21-13-8-11(20)5-4-10(13)2/h3-8H,1-2H3,(H,21,25)(H,22,24). The van der Waals surface area contributed by atoms with Crippen LogP contribution in [0, 0.1) is 17.8 Å². The zero-order chi connectivity index (χ0) is 19.3. The van der Waals surface area contributed by atoms with Gasteiger partial charge in [0, 0.05) is 10.7 Å². The Labute approximate surface area is 168 Å². The second kappa shape index (κ2) is 6.60. The van der Waals surface area contributed by atoms with Gasteiger partial charge in [0.2, 0.25) is 0 Å². The third-order valence-electron chi connectivity index (χ3n) is 4.33. The molecule has 0 saturated heterocycles. The van der Waals surface area contributed by atoms with Gasteiger partial charge in [0.1, 0.15) is 10.5 Å². The summed E-state index contributed by atoms with van der Waals surface area (Å²) < 4.78 is 2.22. The van der Waals surface area contributed by atoms with Gasteiger partial charge in [-0.1, -0.05) is 40.6 Å². The van der Waals surface area contributed by atoms with Gasteiger partial charge in [-0.05, 0) is 55.9 Å². The lowest BCUT2D eigenvalue weighted by Crippen LogP contribution is -2.15. The van der Waals surface area contributed by atoms with Crippen molar-refractivity contribution in [3.63, 3.8) is 0 Å². The molecule has 2 heterocycles. The van der Waals surface area contributed by atoms with E-state index in [1.807, 2.05) is 38.1 Å². The van der Waals surface area contributed by atoms with E-state index in [1.165, 1.54) is 0 Å². The minimum absolute atomic E-state index is 0.255. The van der Waals surface area contributed by atoms with E-state index in [9.17, 15) is 9.59 Å². The van der Waals surface area contributed by atoms with Crippen LogP contribution >= 0.6 is 35.2 Å². The van der Waals surface area contributed by atoms with Crippen molar-refractivity contribution in [1.82, 2.24) is 9.38 Å². The van der Waals surface area contributed by atoms with Crippen molar-refractivity contribution in [2.45, 2.75) is 13.8 Å². The Hall–Kier alpha value is -2.48. The number of nitrogens with one attached hydrogen (secondary N) is 2. The predicted octanol–water partition coefficient (Wildman–Crippen LogP) is 5.09. The van der Waals surface area contributed by atoms with Gasteiger partial charge in [0.05, 0.1) is 10.9 Å². The number of carbonyl (C=O) groups is 1. The number of rotatable bonds is 2. The summed E-state index contributed by atoms with van der Waals surface area (Å²) in [4.78, 5) is 28.6. The molecule has 0 fully saturated rings. The molecule has 136 valence electrons. The largest absolute Gasteiger partial charge is 0.321 e. The van der Waals surface area contributed by atoms with Crippen LogP contribution in [0.4, 0.5) is 5.69 Å². The normalized spacial score (nSPS) is 11.2. The average molecular weight is 416 g/mol. The van der Waals surface area contributed by atoms with Crippen molar-refractivity contribution in [1.29, 1.82) is 0 Å². The first kappa shape index (κ1) is 17.9. The van der Waals surface area contributed by atoms with Crippen LogP contribution in [-0.4, -0.2) is 15.3 Å². The number of aromatic nitrogens is 2. The van der Waals surface area contributed by atoms with E-state index in [2.05, 4.69) is 10.3 Å². The number of carbonyl (C=O) groups excluding carboxylic acids is 1. The summed E-state index contributed by atoms with van der Waals surface area (Å²) in [7, 11) is 0. The van der Waals surface area contributed by atoms with E-state index in [4.69, 9.17) is 23.8 Å². The van der Waals surface area contributed by atoms with Crippen molar-refractivity contribution in [3.05, 3.63) is 71.7 Å². The molecule has 0 atom stereocenters. The lowest BCUT2D eigenvalue weighted by Gasteiger charge is -2.08. The number of H-pyrrole nitrogens is 1. The van der Waals surface area contributed by atoms with Gasteiger partial charge >= 0.3 is 0 Å². The molecule has 27 heavy (non-hydrogen) atoms. The molecule has 2 aromatic heterocycles. The minimum atomic E-state index is -0.346. The van der Waals surface area contributed by atoms with Gasteiger partial charge in [0.15, 0.2) is 3.95 Å². The first-order valence-corrected chi connectivity index (χ1v) is 9.71. The number of hydrogen-bond acceptors (Lipinski definition) is 4. The molecule has 4 rings (SSSR count). The molecule has 0 radical (unpaired) electrons. The third-order valence-corrected chi connectivity index (χ3v) is 5.94. The van der Waals surface area contributed by atoms with Crippen LogP contribution in [0.5, 0.6) is 0 Å². The molecule has 0 unspecified atom stereocenters. The number of anilines is 1. The van der Waals surface area contributed by atoms with Gasteiger partial charge in [0.25, 0.3) is 11.5 Å². The summed E-state index contributed by atoms with van der Waals surface area (Å²) in [6.45, 7) is 3.80. The SMILES string of the molecule is Cc1ccc2c(c1)c(=O)[nH]c1c(C(=O)Nc3cc(Cl)ccc3C)sc(=S)n12. The molecule has 5 nitrogen and oxygen atoms in total. The molecule has 0 bridgehead atoms. The molecule has 0 aliphatic carbocycles. The number of aromatic amines is 1. The smallest absolute Gasteiger partial charge is 0.269 e. The third kappa shape index (κ3) is 3.07. The number of benzene rings is 2. The highest BCUT2D eigenvalue weighted by atomic mass is 35.5. The molecule has 0 spiro atoms. The Kier molecular flexibility index (Phi) is 4.38. The maximum absolute atomic E-state index is 12.9. The van der Waals surface area contributed by atoms with Gasteiger partial charge in [-0.15, -0.1) is 0 Å². The fourth-order valence-corrected chi connectivity index (χ4v) is 4.42. The van der Waals surface area contributed by atoms with Gasteiger partial charge in [-0.25, -0.2) is 0 Å². The second-order valence-electron chi connectivity index (χ2n) is 6.27. The fourth-order valence-electron chi connectivity index (χ4n) is 2.97. The number of hydrogen-bond donors (Lipinski definition) is 2. The van der Waals surface area contributed by atoms with Crippen LogP contribution in [0.25, 0.3) is 16.6 Å². The molecule has 0 aliphatic heterocycles. The molecule has 0 saturated carbocycles. The van der Waals surface area contributed by atoms with Crippen molar-refractivity contribution in [3.8, 4) is 0 Å². The van der Waals surface area contributed by atoms with Gasteiger partial charge < -0.3 is 10.3 Å². The number of nitrogens with zero attached hydrogens (tertiary/aromatic N) is 1. The summed E-state index contributed by atoms with van der Waals surface area (Å²) in [5.41, 5.74) is 3.29. The zero-order valence-electron chi connectivity index (χ0n) is 14.4. The fraction of sp³-hybridized carbons (Fsp3) is 0.105. The molecular weight excluding hydrogens is 402 g/mol. The highest BCUT2D eigenvalue weighted by Crippen LogP contribution is 2.26. The summed E-state index contributed by atoms with van der Waals surface area (Å²) in [6, 6.07) is 10.8. The molecule has 4 aromatic rings. The molecule has 8 heteroatoms. The van der Waals surface area contributed by atoms with E-state index in [1.54, 1.807) is 16.5 Å². The van der Waals surface area contributed by atoms with Gasteiger partial charge in [-0.3, -0.25) is 14.0 Å². The quantitative estimate of drug-likeness (QED) is 0.448. The topological polar surface area (TPSA) is 66.4 Å². The predicted molar refractivity (Wildman–Crippen MR) is 113 cm³/mol. The molecule has 2 aromatic carbocycles. The highest BCUT2D eigenvalue weighted by molar-refractivity contribution is 7.73. The molecule has 2 N–H and O–H groups in total. The number of halogens is 1. The molecule has 0 aliphatic rings. The number of fused-ring (bicyclic) bond motifs is 3.